The van der Waals surface area contributed by atoms with Crippen LogP contribution >= 0.6 is 0 Å². The number of aliphatic hydroxyl groups excluding tert-OH is 1. The van der Waals surface area contributed by atoms with Crippen molar-refractivity contribution in [3.05, 3.63) is 59.7 Å². The molecule has 1 saturated carbocycles. The molecule has 9 heteroatoms. The predicted octanol–water partition coefficient (Wildman–Crippen LogP) is 3.93. The van der Waals surface area contributed by atoms with Crippen LogP contribution < -0.4 is 25.8 Å². The number of piperidine rings is 1. The van der Waals surface area contributed by atoms with Crippen molar-refractivity contribution in [1.82, 2.24) is 16.0 Å². The van der Waals surface area contributed by atoms with Gasteiger partial charge in [0.15, 0.2) is 0 Å². The number of carbonyl (C=O) groups excluding carboxylic acids is 3. The van der Waals surface area contributed by atoms with E-state index in [1.807, 2.05) is 49.4 Å². The van der Waals surface area contributed by atoms with Crippen LogP contribution in [0.1, 0.15) is 87.1 Å². The highest BCUT2D eigenvalue weighted by atomic mass is 16.3. The van der Waals surface area contributed by atoms with Crippen molar-refractivity contribution in [3.8, 4) is 0 Å². The van der Waals surface area contributed by atoms with Crippen LogP contribution in [0.25, 0.3) is 0 Å². The fourth-order valence-corrected chi connectivity index (χ4v) is 6.65. The van der Waals surface area contributed by atoms with Crippen molar-refractivity contribution in [2.45, 2.75) is 102 Å². The van der Waals surface area contributed by atoms with Crippen LogP contribution in [0, 0.1) is 0 Å². The summed E-state index contributed by atoms with van der Waals surface area (Å²) in [6, 6.07) is 14.7. The van der Waals surface area contributed by atoms with Crippen molar-refractivity contribution in [3.63, 3.8) is 0 Å². The molecule has 2 heterocycles. The highest BCUT2D eigenvalue weighted by Crippen LogP contribution is 2.30. The lowest BCUT2D eigenvalue weighted by molar-refractivity contribution is -0.123. The van der Waals surface area contributed by atoms with E-state index in [2.05, 4.69) is 20.9 Å². The van der Waals surface area contributed by atoms with Crippen LogP contribution in [-0.4, -0.2) is 73.2 Å². The van der Waals surface area contributed by atoms with Crippen LogP contribution in [0.5, 0.6) is 0 Å². The number of benzene rings is 2. The molecule has 238 valence electrons. The summed E-state index contributed by atoms with van der Waals surface area (Å²) in [5.41, 5.74) is 3.17. The Morgan fingerprint density at radius 3 is 2.32 bits per heavy atom. The standard InChI is InChI=1S/C35H49N5O4/c1-25(34(43)37-28-14-7-3-8-15-28)36-24-32(41)31(20-26-12-5-2-6-13-26)38-35(44)27-21-29(39-17-9-4-10-18-39)23-30(22-27)40-19-11-16-33(40)42/h2,5-6,12-13,21-23,25,28,31-32,36,41H,3-4,7-11,14-20,24H2,1H3,(H,37,43)(H,38,44)/t25-,31-,32-/m0/s1. The van der Waals surface area contributed by atoms with E-state index in [1.165, 1.54) is 12.8 Å². The molecule has 0 bridgehead atoms. The number of anilines is 2. The van der Waals surface area contributed by atoms with Gasteiger partial charge >= 0.3 is 0 Å². The number of carbonyl (C=O) groups is 3. The monoisotopic (exact) mass is 603 g/mol. The lowest BCUT2D eigenvalue weighted by Crippen LogP contribution is -2.53. The first kappa shape index (κ1) is 32.0. The fraction of sp³-hybridized carbons (Fsp3) is 0.571. The summed E-state index contributed by atoms with van der Waals surface area (Å²) in [7, 11) is 0. The second-order valence-electron chi connectivity index (χ2n) is 12.7. The van der Waals surface area contributed by atoms with E-state index >= 15 is 0 Å². The van der Waals surface area contributed by atoms with Crippen molar-refractivity contribution in [2.75, 3.05) is 36.0 Å². The zero-order valence-corrected chi connectivity index (χ0v) is 26.1. The molecule has 3 atom stereocenters. The zero-order valence-electron chi connectivity index (χ0n) is 26.1. The summed E-state index contributed by atoms with van der Waals surface area (Å²) in [4.78, 5) is 43.4. The highest BCUT2D eigenvalue weighted by molar-refractivity contribution is 6.00. The molecule has 3 fully saturated rings. The van der Waals surface area contributed by atoms with Gasteiger partial charge in [-0.1, -0.05) is 49.6 Å². The molecule has 0 unspecified atom stereocenters. The minimum atomic E-state index is -0.936. The minimum absolute atomic E-state index is 0.0636. The van der Waals surface area contributed by atoms with Crippen LogP contribution in [0.4, 0.5) is 11.4 Å². The maximum absolute atomic E-state index is 13.9. The first-order valence-electron chi connectivity index (χ1n) is 16.6. The minimum Gasteiger partial charge on any atom is -0.390 e. The molecule has 2 aromatic rings. The Labute approximate surface area is 261 Å². The van der Waals surface area contributed by atoms with Crippen molar-refractivity contribution >= 4 is 29.1 Å². The number of rotatable bonds is 12. The normalized spacial score (nSPS) is 19.8. The van der Waals surface area contributed by atoms with Gasteiger partial charge in [0, 0.05) is 55.6 Å². The number of hydrogen-bond acceptors (Lipinski definition) is 6. The van der Waals surface area contributed by atoms with Gasteiger partial charge in [0.1, 0.15) is 0 Å². The van der Waals surface area contributed by atoms with Crippen LogP contribution in [0.2, 0.25) is 0 Å². The number of hydrogen-bond donors (Lipinski definition) is 4. The Kier molecular flexibility index (Phi) is 11.3. The third-order valence-corrected chi connectivity index (χ3v) is 9.33. The Balaban J connectivity index is 1.30. The molecule has 0 aromatic heterocycles. The molecule has 1 aliphatic carbocycles. The SMILES string of the molecule is C[C@H](NC[C@H](O)[C@H](Cc1ccccc1)NC(=O)c1cc(N2CCCCC2)cc(N2CCCC2=O)c1)C(=O)NC1CCCCC1. The molecule has 5 rings (SSSR count). The van der Waals surface area contributed by atoms with Gasteiger partial charge in [-0.2, -0.15) is 0 Å². The van der Waals surface area contributed by atoms with Crippen molar-refractivity contribution < 1.29 is 19.5 Å². The molecule has 2 aromatic carbocycles. The highest BCUT2D eigenvalue weighted by Gasteiger charge is 2.28. The molecule has 0 radical (unpaired) electrons. The lowest BCUT2D eigenvalue weighted by atomic mass is 9.95. The average Bonchev–Trinajstić information content (AvgIpc) is 3.50. The van der Waals surface area contributed by atoms with Gasteiger partial charge in [-0.15, -0.1) is 0 Å². The molecular formula is C35H49N5O4. The second-order valence-corrected chi connectivity index (χ2v) is 12.7. The number of nitrogens with one attached hydrogen (secondary N) is 3. The molecule has 44 heavy (non-hydrogen) atoms. The lowest BCUT2D eigenvalue weighted by Gasteiger charge is -2.31. The fourth-order valence-electron chi connectivity index (χ4n) is 6.65. The van der Waals surface area contributed by atoms with E-state index in [1.54, 1.807) is 11.0 Å². The summed E-state index contributed by atoms with van der Waals surface area (Å²) in [5, 5.41) is 20.8. The molecule has 9 nitrogen and oxygen atoms in total. The molecule has 2 saturated heterocycles. The number of amides is 3. The molecule has 2 aliphatic heterocycles. The van der Waals surface area contributed by atoms with Gasteiger partial charge in [-0.3, -0.25) is 14.4 Å². The summed E-state index contributed by atoms with van der Waals surface area (Å²) in [6.07, 6.45) is 9.76. The topological polar surface area (TPSA) is 114 Å². The maximum atomic E-state index is 13.9. The number of aliphatic hydroxyl groups is 1. The Bertz CT molecular complexity index is 1260. The van der Waals surface area contributed by atoms with E-state index in [0.717, 1.165) is 75.0 Å². The van der Waals surface area contributed by atoms with E-state index in [9.17, 15) is 19.5 Å². The van der Waals surface area contributed by atoms with E-state index in [0.29, 0.717) is 24.9 Å². The average molecular weight is 604 g/mol. The van der Waals surface area contributed by atoms with Crippen LogP contribution in [-0.2, 0) is 16.0 Å². The van der Waals surface area contributed by atoms with Gasteiger partial charge in [0.25, 0.3) is 5.91 Å². The summed E-state index contributed by atoms with van der Waals surface area (Å²) < 4.78 is 0. The zero-order chi connectivity index (χ0) is 30.9. The van der Waals surface area contributed by atoms with E-state index < -0.39 is 18.2 Å². The van der Waals surface area contributed by atoms with E-state index in [-0.39, 0.29) is 30.3 Å². The largest absolute Gasteiger partial charge is 0.390 e. The molecule has 4 N–H and O–H groups in total. The van der Waals surface area contributed by atoms with Crippen molar-refractivity contribution in [1.29, 1.82) is 0 Å². The van der Waals surface area contributed by atoms with Gasteiger partial charge < -0.3 is 30.9 Å². The van der Waals surface area contributed by atoms with Gasteiger partial charge in [-0.05, 0) is 75.6 Å². The third-order valence-electron chi connectivity index (χ3n) is 9.33. The summed E-state index contributed by atoms with van der Waals surface area (Å²) >= 11 is 0. The summed E-state index contributed by atoms with van der Waals surface area (Å²) in [6.45, 7) is 4.45. The van der Waals surface area contributed by atoms with Crippen LogP contribution in [0.15, 0.2) is 48.5 Å². The maximum Gasteiger partial charge on any atom is 0.251 e. The predicted molar refractivity (Wildman–Crippen MR) is 174 cm³/mol. The Morgan fingerprint density at radius 1 is 0.909 bits per heavy atom. The number of nitrogens with zero attached hydrogens (tertiary/aromatic N) is 2. The third kappa shape index (κ3) is 8.60. The second kappa shape index (κ2) is 15.5. The quantitative estimate of drug-likeness (QED) is 0.292. The first-order chi connectivity index (χ1) is 21.4. The molecule has 0 spiro atoms. The van der Waals surface area contributed by atoms with Crippen molar-refractivity contribution in [2.24, 2.45) is 0 Å². The molecule has 3 amide bonds. The van der Waals surface area contributed by atoms with E-state index in [4.69, 9.17) is 0 Å². The van der Waals surface area contributed by atoms with Gasteiger partial charge in [0.2, 0.25) is 11.8 Å². The molecular weight excluding hydrogens is 554 g/mol. The van der Waals surface area contributed by atoms with Crippen LogP contribution in [0.3, 0.4) is 0 Å². The van der Waals surface area contributed by atoms with Gasteiger partial charge in [0.05, 0.1) is 18.2 Å². The first-order valence-corrected chi connectivity index (χ1v) is 16.6. The summed E-state index contributed by atoms with van der Waals surface area (Å²) in [5.74, 6) is -0.275. The molecule has 3 aliphatic rings. The Hall–Kier alpha value is -3.43. The smallest absolute Gasteiger partial charge is 0.251 e. The van der Waals surface area contributed by atoms with Gasteiger partial charge in [-0.25, -0.2) is 0 Å². The Morgan fingerprint density at radius 2 is 1.61 bits per heavy atom.